The highest BCUT2D eigenvalue weighted by Gasteiger charge is 2.36. The molecule has 1 amide bonds. The maximum atomic E-state index is 11.2. The van der Waals surface area contributed by atoms with Crippen LogP contribution in [0.15, 0.2) is 0 Å². The van der Waals surface area contributed by atoms with Crippen LogP contribution in [0.5, 0.6) is 0 Å². The van der Waals surface area contributed by atoms with Crippen molar-refractivity contribution in [3.8, 4) is 0 Å². The molecule has 1 rings (SSSR count). The minimum atomic E-state index is -0.390. The zero-order valence-electron chi connectivity index (χ0n) is 8.30. The van der Waals surface area contributed by atoms with Crippen molar-refractivity contribution in [1.82, 2.24) is 5.32 Å². The Morgan fingerprint density at radius 2 is 2.31 bits per heavy atom. The monoisotopic (exact) mass is 202 g/mol. The largest absolute Gasteiger partial charge is 0.353 e. The molecule has 1 aliphatic rings. The quantitative estimate of drug-likeness (QED) is 0.707. The van der Waals surface area contributed by atoms with Gasteiger partial charge in [-0.1, -0.05) is 6.42 Å². The first-order valence-corrected chi connectivity index (χ1v) is 5.90. The first-order valence-electron chi connectivity index (χ1n) is 4.68. The molecule has 0 heterocycles. The first kappa shape index (κ1) is 10.9. The molecule has 3 N–H and O–H groups in total. The van der Waals surface area contributed by atoms with Gasteiger partial charge in [0.25, 0.3) is 0 Å². The molecule has 0 bridgehead atoms. The van der Waals surface area contributed by atoms with E-state index in [9.17, 15) is 4.79 Å². The highest BCUT2D eigenvalue weighted by atomic mass is 32.2. The average molecular weight is 202 g/mol. The van der Waals surface area contributed by atoms with Crippen molar-refractivity contribution < 1.29 is 4.79 Å². The molecule has 0 aromatic rings. The van der Waals surface area contributed by atoms with Crippen LogP contribution in [-0.2, 0) is 4.79 Å². The second kappa shape index (κ2) is 4.33. The maximum absolute atomic E-state index is 11.2. The zero-order valence-corrected chi connectivity index (χ0v) is 9.12. The van der Waals surface area contributed by atoms with E-state index in [1.54, 1.807) is 6.92 Å². The topological polar surface area (TPSA) is 55.1 Å². The van der Waals surface area contributed by atoms with Crippen LogP contribution in [-0.4, -0.2) is 29.5 Å². The second-order valence-corrected chi connectivity index (χ2v) is 5.02. The molecule has 1 atom stereocenters. The zero-order chi connectivity index (χ0) is 9.90. The van der Waals surface area contributed by atoms with E-state index in [0.29, 0.717) is 4.75 Å². The fraction of sp³-hybridized carbons (Fsp3) is 0.889. The van der Waals surface area contributed by atoms with Crippen LogP contribution in [0, 0.1) is 0 Å². The molecule has 3 nitrogen and oxygen atoms in total. The number of thioether (sulfide) groups is 1. The highest BCUT2D eigenvalue weighted by Crippen LogP contribution is 2.42. The van der Waals surface area contributed by atoms with Crippen LogP contribution in [0.1, 0.15) is 26.2 Å². The van der Waals surface area contributed by atoms with Crippen molar-refractivity contribution in [3.63, 3.8) is 0 Å². The number of hydrogen-bond donors (Lipinski definition) is 2. The Kier molecular flexibility index (Phi) is 3.62. The van der Waals surface area contributed by atoms with Gasteiger partial charge in [0, 0.05) is 11.3 Å². The van der Waals surface area contributed by atoms with E-state index in [1.165, 1.54) is 19.3 Å². The Hall–Kier alpha value is -0.220. The number of nitrogens with two attached hydrogens (primary N) is 1. The fourth-order valence-electron chi connectivity index (χ4n) is 1.43. The fourth-order valence-corrected chi connectivity index (χ4v) is 2.35. The van der Waals surface area contributed by atoms with Crippen LogP contribution in [0.3, 0.4) is 0 Å². The number of carbonyl (C=O) groups is 1. The summed E-state index contributed by atoms with van der Waals surface area (Å²) >= 11 is 1.86. The van der Waals surface area contributed by atoms with E-state index in [2.05, 4.69) is 11.6 Å². The summed E-state index contributed by atoms with van der Waals surface area (Å²) < 4.78 is 0.310. The summed E-state index contributed by atoms with van der Waals surface area (Å²) in [5, 5.41) is 2.89. The molecule has 76 valence electrons. The predicted molar refractivity (Wildman–Crippen MR) is 56.8 cm³/mol. The van der Waals surface area contributed by atoms with Gasteiger partial charge >= 0.3 is 0 Å². The number of carbonyl (C=O) groups excluding carboxylic acids is 1. The molecule has 0 spiro atoms. The summed E-state index contributed by atoms with van der Waals surface area (Å²) in [7, 11) is 0. The van der Waals surface area contributed by atoms with E-state index in [4.69, 9.17) is 5.73 Å². The molecule has 0 unspecified atom stereocenters. The SMILES string of the molecule is CSC1(CNC(=O)[C@@H](C)N)CCC1. The van der Waals surface area contributed by atoms with Gasteiger partial charge in [-0.05, 0) is 26.0 Å². The third-order valence-electron chi connectivity index (χ3n) is 2.70. The molecular formula is C9H18N2OS. The lowest BCUT2D eigenvalue weighted by molar-refractivity contribution is -0.122. The Morgan fingerprint density at radius 1 is 1.69 bits per heavy atom. The van der Waals surface area contributed by atoms with Crippen molar-refractivity contribution in [2.45, 2.75) is 37.0 Å². The molecule has 1 aliphatic carbocycles. The smallest absolute Gasteiger partial charge is 0.236 e. The summed E-state index contributed by atoms with van der Waals surface area (Å²) in [5.74, 6) is -0.0414. The van der Waals surface area contributed by atoms with Gasteiger partial charge in [-0.3, -0.25) is 4.79 Å². The normalized spacial score (nSPS) is 21.8. The molecule has 1 fully saturated rings. The van der Waals surface area contributed by atoms with Crippen LogP contribution >= 0.6 is 11.8 Å². The Balaban J connectivity index is 2.28. The lowest BCUT2D eigenvalue weighted by Gasteiger charge is -2.40. The lowest BCUT2D eigenvalue weighted by Crippen LogP contribution is -2.48. The van der Waals surface area contributed by atoms with Gasteiger partial charge in [-0.25, -0.2) is 0 Å². The van der Waals surface area contributed by atoms with Crippen molar-refractivity contribution in [2.75, 3.05) is 12.8 Å². The van der Waals surface area contributed by atoms with Gasteiger partial charge in [-0.15, -0.1) is 0 Å². The highest BCUT2D eigenvalue weighted by molar-refractivity contribution is 8.00. The number of rotatable bonds is 4. The molecule has 4 heteroatoms. The lowest BCUT2D eigenvalue weighted by atomic mass is 9.84. The van der Waals surface area contributed by atoms with E-state index in [0.717, 1.165) is 6.54 Å². The molecule has 0 aliphatic heterocycles. The van der Waals surface area contributed by atoms with Gasteiger partial charge in [0.05, 0.1) is 6.04 Å². The Labute approximate surface area is 83.8 Å². The third kappa shape index (κ3) is 2.61. The molecule has 1 saturated carbocycles. The Bertz CT molecular complexity index is 185. The summed E-state index contributed by atoms with van der Waals surface area (Å²) in [6.07, 6.45) is 5.83. The van der Waals surface area contributed by atoms with Crippen LogP contribution in [0.2, 0.25) is 0 Å². The minimum absolute atomic E-state index is 0.0414. The molecule has 13 heavy (non-hydrogen) atoms. The molecule has 0 radical (unpaired) electrons. The summed E-state index contributed by atoms with van der Waals surface area (Å²) in [5.41, 5.74) is 5.45. The summed E-state index contributed by atoms with van der Waals surface area (Å²) in [4.78, 5) is 11.2. The standard InChI is InChI=1S/C9H18N2OS/c1-7(10)8(12)11-6-9(13-2)4-3-5-9/h7H,3-6,10H2,1-2H3,(H,11,12)/t7-/m1/s1. The third-order valence-corrected chi connectivity index (χ3v) is 4.11. The van der Waals surface area contributed by atoms with E-state index < -0.39 is 0 Å². The molecular weight excluding hydrogens is 184 g/mol. The maximum Gasteiger partial charge on any atom is 0.236 e. The van der Waals surface area contributed by atoms with E-state index >= 15 is 0 Å². The second-order valence-electron chi connectivity index (χ2n) is 3.75. The van der Waals surface area contributed by atoms with Crippen molar-refractivity contribution in [2.24, 2.45) is 5.73 Å². The van der Waals surface area contributed by atoms with Gasteiger partial charge in [-0.2, -0.15) is 11.8 Å². The summed E-state index contributed by atoms with van der Waals surface area (Å²) in [6.45, 7) is 2.48. The summed E-state index contributed by atoms with van der Waals surface area (Å²) in [6, 6.07) is -0.390. The van der Waals surface area contributed by atoms with E-state index in [1.807, 2.05) is 11.8 Å². The average Bonchev–Trinajstić information content (AvgIpc) is 2.02. The van der Waals surface area contributed by atoms with Gasteiger partial charge in [0.15, 0.2) is 0 Å². The van der Waals surface area contributed by atoms with Gasteiger partial charge in [0.1, 0.15) is 0 Å². The van der Waals surface area contributed by atoms with Gasteiger partial charge in [0.2, 0.25) is 5.91 Å². The molecule has 0 aromatic heterocycles. The van der Waals surface area contributed by atoms with Crippen molar-refractivity contribution in [1.29, 1.82) is 0 Å². The van der Waals surface area contributed by atoms with Crippen molar-refractivity contribution >= 4 is 17.7 Å². The first-order chi connectivity index (χ1) is 6.09. The molecule has 0 aromatic carbocycles. The van der Waals surface area contributed by atoms with Crippen molar-refractivity contribution in [3.05, 3.63) is 0 Å². The number of nitrogens with one attached hydrogen (secondary N) is 1. The minimum Gasteiger partial charge on any atom is -0.353 e. The van der Waals surface area contributed by atoms with E-state index in [-0.39, 0.29) is 11.9 Å². The van der Waals surface area contributed by atoms with Crippen LogP contribution in [0.4, 0.5) is 0 Å². The van der Waals surface area contributed by atoms with Crippen LogP contribution in [0.25, 0.3) is 0 Å². The molecule has 0 saturated heterocycles. The Morgan fingerprint density at radius 3 is 2.62 bits per heavy atom. The van der Waals surface area contributed by atoms with Gasteiger partial charge < -0.3 is 11.1 Å². The predicted octanol–water partition coefficient (Wildman–Crippen LogP) is 0.735. The number of amides is 1. The number of hydrogen-bond acceptors (Lipinski definition) is 3. The van der Waals surface area contributed by atoms with Crippen LogP contribution < -0.4 is 11.1 Å².